The van der Waals surface area contributed by atoms with E-state index in [1.165, 1.54) is 24.3 Å². The van der Waals surface area contributed by atoms with E-state index in [0.29, 0.717) is 5.56 Å². The molecule has 164 valence electrons. The Bertz CT molecular complexity index is 1570. The summed E-state index contributed by atoms with van der Waals surface area (Å²) in [6.07, 6.45) is 0. The van der Waals surface area contributed by atoms with Gasteiger partial charge in [0.2, 0.25) is 0 Å². The highest BCUT2D eigenvalue weighted by Crippen LogP contribution is 2.42. The summed E-state index contributed by atoms with van der Waals surface area (Å²) >= 11 is 12.3. The highest BCUT2D eigenvalue weighted by Gasteiger charge is 2.32. The molecule has 0 saturated carbocycles. The van der Waals surface area contributed by atoms with Crippen LogP contribution in [0.3, 0.4) is 0 Å². The Labute approximate surface area is 195 Å². The predicted molar refractivity (Wildman–Crippen MR) is 126 cm³/mol. The van der Waals surface area contributed by atoms with Crippen molar-refractivity contribution in [3.63, 3.8) is 0 Å². The average Bonchev–Trinajstić information content (AvgIpc) is 2.80. The van der Waals surface area contributed by atoms with Crippen molar-refractivity contribution in [1.82, 2.24) is 0 Å². The number of hydrogen-bond acceptors (Lipinski definition) is 6. The van der Waals surface area contributed by atoms with Gasteiger partial charge in [0.1, 0.15) is 22.7 Å². The second-order valence-electron chi connectivity index (χ2n) is 7.40. The molecule has 2 aromatic heterocycles. The first kappa shape index (κ1) is 21.1. The lowest BCUT2D eigenvalue weighted by Crippen LogP contribution is -2.21. The second kappa shape index (κ2) is 7.99. The zero-order valence-electron chi connectivity index (χ0n) is 16.7. The van der Waals surface area contributed by atoms with Crippen molar-refractivity contribution in [3.05, 3.63) is 114 Å². The summed E-state index contributed by atoms with van der Waals surface area (Å²) in [4.78, 5) is 26.2. The predicted octanol–water partition coefficient (Wildman–Crippen LogP) is 5.80. The highest BCUT2D eigenvalue weighted by molar-refractivity contribution is 6.42. The fraction of sp³-hybridized carbons (Fsp3) is 0.0400. The van der Waals surface area contributed by atoms with Gasteiger partial charge in [0.15, 0.2) is 0 Å². The molecule has 0 aliphatic carbocycles. The number of halogens is 2. The van der Waals surface area contributed by atoms with E-state index >= 15 is 0 Å². The molecule has 2 heterocycles. The lowest BCUT2D eigenvalue weighted by atomic mass is 9.84. The van der Waals surface area contributed by atoms with Gasteiger partial charge in [0.05, 0.1) is 37.9 Å². The monoisotopic (exact) mass is 480 g/mol. The maximum Gasteiger partial charge on any atom is 0.344 e. The van der Waals surface area contributed by atoms with E-state index in [1.54, 1.807) is 42.5 Å². The van der Waals surface area contributed by atoms with Crippen molar-refractivity contribution in [3.8, 4) is 11.5 Å². The van der Waals surface area contributed by atoms with E-state index in [4.69, 9.17) is 32.0 Å². The highest BCUT2D eigenvalue weighted by atomic mass is 35.5. The summed E-state index contributed by atoms with van der Waals surface area (Å²) in [7, 11) is 0. The molecule has 0 spiro atoms. The molecule has 0 radical (unpaired) electrons. The maximum absolute atomic E-state index is 13.1. The van der Waals surface area contributed by atoms with Gasteiger partial charge in [-0.25, -0.2) is 9.59 Å². The Hall–Kier alpha value is -3.74. The van der Waals surface area contributed by atoms with E-state index in [0.717, 1.165) is 0 Å². The standard InChI is InChI=1S/C25H14Cl2O6/c26-15-10-9-12(11-16(15)27)19(20-22(28)13-5-1-3-7-17(13)32-24(20)30)21-23(29)14-6-2-4-8-18(14)33-25(21)31/h1-11,19,28-29H. The molecule has 5 aromatic rings. The van der Waals surface area contributed by atoms with Gasteiger partial charge in [0, 0.05) is 0 Å². The number of aromatic hydroxyl groups is 2. The summed E-state index contributed by atoms with van der Waals surface area (Å²) in [6, 6.07) is 17.4. The van der Waals surface area contributed by atoms with Gasteiger partial charge in [-0.05, 0) is 42.0 Å². The Morgan fingerprint density at radius 1 is 0.667 bits per heavy atom. The number of hydrogen-bond donors (Lipinski definition) is 2. The van der Waals surface area contributed by atoms with Gasteiger partial charge in [-0.1, -0.05) is 53.5 Å². The Morgan fingerprint density at radius 3 is 1.64 bits per heavy atom. The van der Waals surface area contributed by atoms with Crippen LogP contribution in [0.1, 0.15) is 22.6 Å². The van der Waals surface area contributed by atoms with E-state index in [1.807, 2.05) is 0 Å². The molecule has 6 nitrogen and oxygen atoms in total. The minimum absolute atomic E-state index is 0.161. The minimum Gasteiger partial charge on any atom is -0.507 e. The van der Waals surface area contributed by atoms with Crippen LogP contribution in [0.2, 0.25) is 10.0 Å². The Morgan fingerprint density at radius 2 is 1.15 bits per heavy atom. The van der Waals surface area contributed by atoms with Crippen molar-refractivity contribution < 1.29 is 19.0 Å². The summed E-state index contributed by atoms with van der Waals surface area (Å²) < 4.78 is 10.9. The number of fused-ring (bicyclic) bond motifs is 2. The first-order valence-corrected chi connectivity index (χ1v) is 10.6. The molecule has 0 saturated heterocycles. The van der Waals surface area contributed by atoms with E-state index in [-0.39, 0.29) is 54.6 Å². The van der Waals surface area contributed by atoms with Crippen molar-refractivity contribution in [2.75, 3.05) is 0 Å². The van der Waals surface area contributed by atoms with Crippen LogP contribution >= 0.6 is 23.2 Å². The molecule has 33 heavy (non-hydrogen) atoms. The van der Waals surface area contributed by atoms with Gasteiger partial charge in [-0.15, -0.1) is 0 Å². The summed E-state index contributed by atoms with van der Waals surface area (Å²) in [6.45, 7) is 0. The molecule has 0 aliphatic rings. The van der Waals surface area contributed by atoms with Gasteiger partial charge in [-0.3, -0.25) is 0 Å². The molecule has 0 bridgehead atoms. The topological polar surface area (TPSA) is 101 Å². The number of rotatable bonds is 3. The third-order valence-electron chi connectivity index (χ3n) is 5.49. The van der Waals surface area contributed by atoms with Crippen LogP contribution in [0.5, 0.6) is 11.5 Å². The largest absolute Gasteiger partial charge is 0.507 e. The van der Waals surface area contributed by atoms with Crippen molar-refractivity contribution >= 4 is 45.1 Å². The third-order valence-corrected chi connectivity index (χ3v) is 6.23. The number of para-hydroxylation sites is 2. The summed E-state index contributed by atoms with van der Waals surface area (Å²) in [5, 5.41) is 23.2. The first-order chi connectivity index (χ1) is 15.9. The Balaban J connectivity index is 1.92. The normalized spacial score (nSPS) is 11.5. The smallest absolute Gasteiger partial charge is 0.344 e. The van der Waals surface area contributed by atoms with Gasteiger partial charge in [-0.2, -0.15) is 0 Å². The van der Waals surface area contributed by atoms with Gasteiger partial charge >= 0.3 is 11.3 Å². The molecule has 0 atom stereocenters. The SMILES string of the molecule is O=c1oc2ccccc2c(O)c1C(c1ccc(Cl)c(Cl)c1)c1c(O)c2ccccc2oc1=O. The number of benzene rings is 3. The molecular weight excluding hydrogens is 467 g/mol. The van der Waals surface area contributed by atoms with Crippen LogP contribution in [0.15, 0.2) is 85.2 Å². The van der Waals surface area contributed by atoms with Crippen LogP contribution in [0.4, 0.5) is 0 Å². The fourth-order valence-corrected chi connectivity index (χ4v) is 4.28. The zero-order valence-corrected chi connectivity index (χ0v) is 18.2. The van der Waals surface area contributed by atoms with Crippen LogP contribution in [-0.4, -0.2) is 10.2 Å². The molecule has 0 fully saturated rings. The maximum atomic E-state index is 13.1. The molecule has 0 aliphatic heterocycles. The summed E-state index contributed by atoms with van der Waals surface area (Å²) in [5.41, 5.74) is -1.59. The molecule has 3 aromatic carbocycles. The van der Waals surface area contributed by atoms with Crippen molar-refractivity contribution in [1.29, 1.82) is 0 Å². The van der Waals surface area contributed by atoms with Crippen LogP contribution < -0.4 is 11.3 Å². The van der Waals surface area contributed by atoms with Crippen LogP contribution in [0.25, 0.3) is 21.9 Å². The molecule has 2 N–H and O–H groups in total. The molecule has 0 unspecified atom stereocenters. The zero-order chi connectivity index (χ0) is 23.3. The lowest BCUT2D eigenvalue weighted by molar-refractivity contribution is 0.441. The van der Waals surface area contributed by atoms with Gasteiger partial charge in [0.25, 0.3) is 0 Å². The van der Waals surface area contributed by atoms with E-state index in [2.05, 4.69) is 0 Å². The van der Waals surface area contributed by atoms with Crippen molar-refractivity contribution in [2.24, 2.45) is 0 Å². The fourth-order valence-electron chi connectivity index (χ4n) is 3.97. The van der Waals surface area contributed by atoms with E-state index in [9.17, 15) is 19.8 Å². The quantitative estimate of drug-likeness (QED) is 0.316. The first-order valence-electron chi connectivity index (χ1n) is 9.81. The second-order valence-corrected chi connectivity index (χ2v) is 8.22. The summed E-state index contributed by atoms with van der Waals surface area (Å²) in [5.74, 6) is -2.03. The molecule has 5 rings (SSSR count). The van der Waals surface area contributed by atoms with E-state index < -0.39 is 17.2 Å². The molecular formula is C25H14Cl2O6. The lowest BCUT2D eigenvalue weighted by Gasteiger charge is -2.20. The molecule has 8 heteroatoms. The average molecular weight is 481 g/mol. The third kappa shape index (κ3) is 3.44. The van der Waals surface area contributed by atoms with Crippen LogP contribution in [-0.2, 0) is 0 Å². The van der Waals surface area contributed by atoms with Crippen LogP contribution in [0, 0.1) is 0 Å². The van der Waals surface area contributed by atoms with Gasteiger partial charge < -0.3 is 19.0 Å². The minimum atomic E-state index is -1.26. The molecule has 0 amide bonds. The van der Waals surface area contributed by atoms with Crippen molar-refractivity contribution in [2.45, 2.75) is 5.92 Å². The Kier molecular flexibility index (Phi) is 5.12.